The van der Waals surface area contributed by atoms with Crippen molar-refractivity contribution in [3.63, 3.8) is 0 Å². The van der Waals surface area contributed by atoms with E-state index >= 15 is 0 Å². The lowest BCUT2D eigenvalue weighted by atomic mass is 10.0. The Hall–Kier alpha value is -2.07. The highest BCUT2D eigenvalue weighted by atomic mass is 35.5. The van der Waals surface area contributed by atoms with Gasteiger partial charge in [-0.15, -0.1) is 0 Å². The third-order valence-electron chi connectivity index (χ3n) is 4.62. The maximum atomic E-state index is 14.0. The minimum Gasteiger partial charge on any atom is -0.465 e. The highest BCUT2D eigenvalue weighted by Crippen LogP contribution is 2.38. The molecular formula is C18H24ClFN4O2. The van der Waals surface area contributed by atoms with Gasteiger partial charge in [0.1, 0.15) is 11.2 Å². The van der Waals surface area contributed by atoms with E-state index in [9.17, 15) is 14.3 Å². The van der Waals surface area contributed by atoms with Crippen LogP contribution in [-0.2, 0) is 0 Å². The fraction of sp³-hybridized carbons (Fsp3) is 0.611. The monoisotopic (exact) mass is 382 g/mol. The third kappa shape index (κ3) is 4.76. The summed E-state index contributed by atoms with van der Waals surface area (Å²) in [5, 5.41) is 21.3. The average Bonchev–Trinajstić information content (AvgIpc) is 3.24. The van der Waals surface area contributed by atoms with Crippen molar-refractivity contribution < 1.29 is 14.3 Å². The molecule has 1 aromatic heterocycles. The zero-order valence-electron chi connectivity index (χ0n) is 15.4. The first kappa shape index (κ1) is 20.2. The van der Waals surface area contributed by atoms with E-state index in [1.165, 1.54) is 4.90 Å². The highest BCUT2D eigenvalue weighted by molar-refractivity contribution is 6.30. The summed E-state index contributed by atoms with van der Waals surface area (Å²) in [6.07, 6.45) is 1.52. The number of hydrogen-bond donors (Lipinski definition) is 2. The molecule has 1 saturated carbocycles. The summed E-state index contributed by atoms with van der Waals surface area (Å²) >= 11 is 5.85. The van der Waals surface area contributed by atoms with Gasteiger partial charge in [0.2, 0.25) is 0 Å². The van der Waals surface area contributed by atoms with Crippen LogP contribution in [0.3, 0.4) is 0 Å². The first-order chi connectivity index (χ1) is 12.0. The van der Waals surface area contributed by atoms with E-state index in [0.717, 1.165) is 25.3 Å². The van der Waals surface area contributed by atoms with E-state index in [4.69, 9.17) is 16.9 Å². The second kappa shape index (κ2) is 7.67. The van der Waals surface area contributed by atoms with Crippen LogP contribution in [0.5, 0.6) is 0 Å². The molecule has 2 unspecified atom stereocenters. The number of halogens is 2. The molecule has 1 aliphatic rings. The van der Waals surface area contributed by atoms with Crippen molar-refractivity contribution in [2.24, 2.45) is 5.92 Å². The van der Waals surface area contributed by atoms with Crippen molar-refractivity contribution in [1.29, 1.82) is 5.26 Å². The van der Waals surface area contributed by atoms with Crippen LogP contribution in [0.15, 0.2) is 6.07 Å². The van der Waals surface area contributed by atoms with Crippen LogP contribution in [0, 0.1) is 23.1 Å². The van der Waals surface area contributed by atoms with Gasteiger partial charge in [0, 0.05) is 17.6 Å². The molecule has 0 aliphatic heterocycles. The van der Waals surface area contributed by atoms with Gasteiger partial charge in [-0.2, -0.15) is 5.26 Å². The minimum atomic E-state index is -0.922. The summed E-state index contributed by atoms with van der Waals surface area (Å²) in [5.41, 5.74) is -0.453. The molecule has 1 heterocycles. The zero-order valence-corrected chi connectivity index (χ0v) is 16.1. The number of pyridine rings is 1. The Morgan fingerprint density at radius 2 is 2.27 bits per heavy atom. The van der Waals surface area contributed by atoms with E-state index in [-0.39, 0.29) is 28.6 Å². The molecule has 0 aromatic carbocycles. The topological polar surface area (TPSA) is 89.3 Å². The molecule has 1 aliphatic carbocycles. The molecule has 1 fully saturated rings. The largest absolute Gasteiger partial charge is 0.465 e. The van der Waals surface area contributed by atoms with Gasteiger partial charge in [0.25, 0.3) is 0 Å². The molecule has 0 saturated heterocycles. The fourth-order valence-electron chi connectivity index (χ4n) is 3.29. The van der Waals surface area contributed by atoms with Crippen molar-refractivity contribution in [2.45, 2.75) is 64.6 Å². The van der Waals surface area contributed by atoms with Crippen LogP contribution >= 0.6 is 11.6 Å². The van der Waals surface area contributed by atoms with Gasteiger partial charge < -0.3 is 15.3 Å². The quantitative estimate of drug-likeness (QED) is 0.707. The molecule has 142 valence electrons. The molecule has 0 spiro atoms. The van der Waals surface area contributed by atoms with Crippen LogP contribution < -0.4 is 5.32 Å². The molecule has 2 N–H and O–H groups in total. The Balaban J connectivity index is 1.89. The molecule has 0 radical (unpaired) electrons. The number of carboxylic acid groups (broad SMARTS) is 1. The second-order valence-corrected chi connectivity index (χ2v) is 8.12. The first-order valence-corrected chi connectivity index (χ1v) is 8.97. The number of carbonyl (C=O) groups is 1. The van der Waals surface area contributed by atoms with E-state index in [2.05, 4.69) is 10.3 Å². The Labute approximate surface area is 158 Å². The number of nitrogens with zero attached hydrogens (tertiary/aromatic N) is 3. The predicted molar refractivity (Wildman–Crippen MR) is 97.8 cm³/mol. The van der Waals surface area contributed by atoms with Gasteiger partial charge in [0.15, 0.2) is 11.6 Å². The van der Waals surface area contributed by atoms with E-state index in [1.807, 2.05) is 27.7 Å². The summed E-state index contributed by atoms with van der Waals surface area (Å²) in [7, 11) is 0. The lowest BCUT2D eigenvalue weighted by Gasteiger charge is -2.38. The van der Waals surface area contributed by atoms with Crippen LogP contribution in [-0.4, -0.2) is 38.7 Å². The number of rotatable bonds is 6. The molecule has 3 atom stereocenters. The maximum absolute atomic E-state index is 14.0. The number of anilines is 1. The number of amides is 1. The Kier molecular flexibility index (Phi) is 5.97. The molecule has 0 bridgehead atoms. The second-order valence-electron chi connectivity index (χ2n) is 7.77. The number of nitrogens with one attached hydrogen (secondary N) is 1. The molecule has 26 heavy (non-hydrogen) atoms. The Morgan fingerprint density at radius 1 is 1.62 bits per heavy atom. The lowest BCUT2D eigenvalue weighted by molar-refractivity contribution is 0.0717. The van der Waals surface area contributed by atoms with Crippen molar-refractivity contribution >= 4 is 23.5 Å². The molecule has 1 amide bonds. The van der Waals surface area contributed by atoms with Crippen LogP contribution in [0.25, 0.3) is 0 Å². The predicted octanol–water partition coefficient (Wildman–Crippen LogP) is 4.49. The van der Waals surface area contributed by atoms with Gasteiger partial charge in [-0.25, -0.2) is 14.2 Å². The Bertz CT molecular complexity index is 729. The first-order valence-electron chi connectivity index (χ1n) is 8.59. The van der Waals surface area contributed by atoms with Gasteiger partial charge >= 0.3 is 6.09 Å². The van der Waals surface area contributed by atoms with Gasteiger partial charge in [-0.3, -0.25) is 0 Å². The van der Waals surface area contributed by atoms with Crippen LogP contribution in [0.1, 0.15) is 52.5 Å². The summed E-state index contributed by atoms with van der Waals surface area (Å²) in [4.78, 5) is 16.9. The fourth-order valence-corrected chi connectivity index (χ4v) is 3.47. The molecule has 8 heteroatoms. The number of hydrogen-bond acceptors (Lipinski definition) is 4. The number of aromatic nitrogens is 1. The van der Waals surface area contributed by atoms with E-state index in [0.29, 0.717) is 5.92 Å². The van der Waals surface area contributed by atoms with Crippen molar-refractivity contribution in [2.75, 3.05) is 5.32 Å². The van der Waals surface area contributed by atoms with Crippen LogP contribution in [0.2, 0.25) is 5.15 Å². The third-order valence-corrected chi connectivity index (χ3v) is 4.91. The molecule has 1 aromatic rings. The standard InChI is InChI=1S/C18H24ClFN4O2/c1-10(24(17(25)26)18(2,3)4)5-6-11-8-14(11)22-16-13(20)7-12(9-21)15(19)23-16/h7,10-11,14H,5-6,8H2,1-4H3,(H,22,23)(H,25,26)/t10-,11?,14?/m0/s1. The normalized spacial score (nSPS) is 20.2. The molecule has 6 nitrogen and oxygen atoms in total. The summed E-state index contributed by atoms with van der Waals surface area (Å²) in [6, 6.07) is 2.85. The zero-order chi connectivity index (χ0) is 19.6. The Morgan fingerprint density at radius 3 is 2.81 bits per heavy atom. The lowest BCUT2D eigenvalue weighted by Crippen LogP contribution is -2.50. The SMILES string of the molecule is C[C@@H](CCC1CC1Nc1nc(Cl)c(C#N)cc1F)N(C(=O)O)C(C)(C)C. The number of nitriles is 1. The van der Waals surface area contributed by atoms with Crippen molar-refractivity contribution in [1.82, 2.24) is 9.88 Å². The van der Waals surface area contributed by atoms with Crippen molar-refractivity contribution in [3.8, 4) is 6.07 Å². The average molecular weight is 383 g/mol. The minimum absolute atomic E-state index is 0.00632. The highest BCUT2D eigenvalue weighted by Gasteiger charge is 2.39. The van der Waals surface area contributed by atoms with Crippen molar-refractivity contribution in [3.05, 3.63) is 22.6 Å². The molecular weight excluding hydrogens is 359 g/mol. The van der Waals surface area contributed by atoms with E-state index in [1.54, 1.807) is 6.07 Å². The van der Waals surface area contributed by atoms with E-state index < -0.39 is 17.4 Å². The summed E-state index contributed by atoms with van der Waals surface area (Å²) < 4.78 is 14.0. The summed E-state index contributed by atoms with van der Waals surface area (Å²) in [6.45, 7) is 7.54. The van der Waals surface area contributed by atoms with Gasteiger partial charge in [0.05, 0.1) is 5.56 Å². The van der Waals surface area contributed by atoms with Gasteiger partial charge in [-0.05, 0) is 58.9 Å². The summed E-state index contributed by atoms with van der Waals surface area (Å²) in [5.74, 6) is -0.213. The molecule has 2 rings (SSSR count). The maximum Gasteiger partial charge on any atom is 0.407 e. The van der Waals surface area contributed by atoms with Crippen LogP contribution in [0.4, 0.5) is 15.0 Å². The van der Waals surface area contributed by atoms with Gasteiger partial charge in [-0.1, -0.05) is 11.6 Å². The smallest absolute Gasteiger partial charge is 0.407 e.